The predicted octanol–water partition coefficient (Wildman–Crippen LogP) is -0.287. The first kappa shape index (κ1) is 28.7. The van der Waals surface area contributed by atoms with E-state index in [1.165, 1.54) is 0 Å². The molecule has 0 aromatic rings. The molecule has 2 N–H and O–H groups in total. The van der Waals surface area contributed by atoms with E-state index in [1.54, 1.807) is 7.11 Å². The fourth-order valence-corrected chi connectivity index (χ4v) is 1.92. The third kappa shape index (κ3) is 24.7. The Morgan fingerprint density at radius 3 is 1.33 bits per heavy atom. The molecule has 0 unspecified atom stereocenters. The van der Waals surface area contributed by atoms with E-state index in [2.05, 4.69) is 5.32 Å². The molecule has 11 heteroatoms. The molecule has 30 heavy (non-hydrogen) atoms. The van der Waals surface area contributed by atoms with Crippen molar-refractivity contribution in [3.05, 3.63) is 0 Å². The van der Waals surface area contributed by atoms with Crippen molar-refractivity contribution in [2.75, 3.05) is 99.5 Å². The van der Waals surface area contributed by atoms with Crippen LogP contribution < -0.4 is 5.32 Å². The number of carbonyl (C=O) groups excluding carboxylic acids is 1. The minimum Gasteiger partial charge on any atom is -0.481 e. The lowest BCUT2D eigenvalue weighted by atomic mass is 10.3. The van der Waals surface area contributed by atoms with Crippen molar-refractivity contribution < 1.29 is 47.9 Å². The molecule has 0 heterocycles. The number of amides is 1. The zero-order valence-electron chi connectivity index (χ0n) is 17.9. The zero-order valence-corrected chi connectivity index (χ0v) is 17.9. The summed E-state index contributed by atoms with van der Waals surface area (Å²) in [5.41, 5.74) is 0. The van der Waals surface area contributed by atoms with Gasteiger partial charge in [-0.15, -0.1) is 0 Å². The number of aliphatic carboxylic acids is 1. The van der Waals surface area contributed by atoms with Crippen LogP contribution in [-0.2, 0) is 42.7 Å². The summed E-state index contributed by atoms with van der Waals surface area (Å²) < 4.78 is 36.9. The second-order valence-corrected chi connectivity index (χ2v) is 5.91. The highest BCUT2D eigenvalue weighted by Crippen LogP contribution is 1.88. The molecule has 0 radical (unpaired) electrons. The van der Waals surface area contributed by atoms with E-state index in [-0.39, 0.29) is 18.7 Å². The van der Waals surface area contributed by atoms with Gasteiger partial charge in [0.05, 0.1) is 92.3 Å². The maximum absolute atomic E-state index is 11.3. The zero-order chi connectivity index (χ0) is 22.1. The van der Waals surface area contributed by atoms with Crippen LogP contribution in [-0.4, -0.2) is 117 Å². The molecule has 0 aliphatic rings. The molecule has 0 spiro atoms. The van der Waals surface area contributed by atoms with Gasteiger partial charge in [0.1, 0.15) is 0 Å². The van der Waals surface area contributed by atoms with Crippen LogP contribution >= 0.6 is 0 Å². The minimum absolute atomic E-state index is 0.0254. The van der Waals surface area contributed by atoms with Gasteiger partial charge in [0.25, 0.3) is 0 Å². The molecule has 178 valence electrons. The van der Waals surface area contributed by atoms with Crippen LogP contribution in [0, 0.1) is 0 Å². The van der Waals surface area contributed by atoms with Crippen LogP contribution in [0.15, 0.2) is 0 Å². The summed E-state index contributed by atoms with van der Waals surface area (Å²) in [5.74, 6) is -1.29. The van der Waals surface area contributed by atoms with Crippen LogP contribution in [0.5, 0.6) is 0 Å². The van der Waals surface area contributed by atoms with Gasteiger partial charge in [-0.2, -0.15) is 0 Å². The minimum atomic E-state index is -0.990. The largest absolute Gasteiger partial charge is 0.481 e. The normalized spacial score (nSPS) is 11.0. The van der Waals surface area contributed by atoms with Gasteiger partial charge in [0, 0.05) is 20.1 Å². The topological polar surface area (TPSA) is 131 Å². The van der Waals surface area contributed by atoms with Gasteiger partial charge in [-0.1, -0.05) is 0 Å². The van der Waals surface area contributed by atoms with Crippen molar-refractivity contribution in [3.63, 3.8) is 0 Å². The Morgan fingerprint density at radius 1 is 0.600 bits per heavy atom. The lowest BCUT2D eigenvalue weighted by molar-refractivity contribution is -0.138. The third-order valence-electron chi connectivity index (χ3n) is 3.43. The maximum Gasteiger partial charge on any atom is 0.303 e. The van der Waals surface area contributed by atoms with Gasteiger partial charge in [-0.3, -0.25) is 9.59 Å². The number of carbonyl (C=O) groups is 2. The Bertz CT molecular complexity index is 398. The summed E-state index contributed by atoms with van der Waals surface area (Å²) in [6, 6.07) is 0. The quantitative estimate of drug-likeness (QED) is 0.194. The average molecular weight is 440 g/mol. The molecular formula is C19H37NO10. The van der Waals surface area contributed by atoms with E-state index in [4.69, 9.17) is 38.3 Å². The van der Waals surface area contributed by atoms with Crippen LogP contribution in [0.25, 0.3) is 0 Å². The first-order valence-corrected chi connectivity index (χ1v) is 10.1. The van der Waals surface area contributed by atoms with Gasteiger partial charge in [0.15, 0.2) is 0 Å². The highest BCUT2D eigenvalue weighted by Gasteiger charge is 2.04. The average Bonchev–Trinajstić information content (AvgIpc) is 2.73. The fraction of sp³-hybridized carbons (Fsp3) is 0.895. The lowest BCUT2D eigenvalue weighted by Gasteiger charge is -2.08. The molecule has 0 atom stereocenters. The Labute approximate surface area is 178 Å². The van der Waals surface area contributed by atoms with Crippen molar-refractivity contribution >= 4 is 11.9 Å². The monoisotopic (exact) mass is 439 g/mol. The van der Waals surface area contributed by atoms with Crippen LogP contribution in [0.3, 0.4) is 0 Å². The van der Waals surface area contributed by atoms with E-state index in [9.17, 15) is 9.59 Å². The summed E-state index contributed by atoms with van der Waals surface area (Å²) in [4.78, 5) is 21.6. The highest BCUT2D eigenvalue weighted by atomic mass is 16.6. The van der Waals surface area contributed by atoms with Crippen LogP contribution in [0.1, 0.15) is 12.8 Å². The summed E-state index contributed by atoms with van der Waals surface area (Å²) in [7, 11) is 1.63. The molecule has 0 aliphatic heterocycles. The Hall–Kier alpha value is -1.34. The molecule has 0 saturated heterocycles. The number of ether oxygens (including phenoxy) is 7. The van der Waals surface area contributed by atoms with Crippen molar-refractivity contribution in [1.82, 2.24) is 5.32 Å². The number of methoxy groups -OCH3 is 1. The number of carboxylic acid groups (broad SMARTS) is 1. The number of hydrogen-bond acceptors (Lipinski definition) is 9. The summed E-state index contributed by atoms with van der Waals surface area (Å²) in [6.07, 6.45) is -0.197. The van der Waals surface area contributed by atoms with E-state index >= 15 is 0 Å². The van der Waals surface area contributed by atoms with Gasteiger partial charge < -0.3 is 43.6 Å². The Kier molecular flexibility index (Phi) is 22.9. The molecule has 0 rings (SSSR count). The predicted molar refractivity (Wildman–Crippen MR) is 107 cm³/mol. The Morgan fingerprint density at radius 2 is 0.967 bits per heavy atom. The molecular weight excluding hydrogens is 402 g/mol. The Balaban J connectivity index is 3.08. The first-order valence-electron chi connectivity index (χ1n) is 10.1. The first-order chi connectivity index (χ1) is 14.7. The van der Waals surface area contributed by atoms with Crippen molar-refractivity contribution in [1.29, 1.82) is 0 Å². The van der Waals surface area contributed by atoms with Gasteiger partial charge in [0.2, 0.25) is 5.91 Å². The number of carboxylic acids is 1. The number of rotatable bonds is 24. The van der Waals surface area contributed by atoms with E-state index in [1.807, 2.05) is 0 Å². The fourth-order valence-electron chi connectivity index (χ4n) is 1.92. The number of hydrogen-bond donors (Lipinski definition) is 2. The van der Waals surface area contributed by atoms with Gasteiger partial charge in [-0.25, -0.2) is 0 Å². The summed E-state index contributed by atoms with van der Waals surface area (Å²) in [5, 5.41) is 11.0. The second-order valence-electron chi connectivity index (χ2n) is 5.91. The van der Waals surface area contributed by atoms with Crippen LogP contribution in [0.2, 0.25) is 0 Å². The van der Waals surface area contributed by atoms with E-state index in [0.717, 1.165) is 0 Å². The molecule has 0 fully saturated rings. The smallest absolute Gasteiger partial charge is 0.303 e. The van der Waals surface area contributed by atoms with Gasteiger partial charge >= 0.3 is 5.97 Å². The molecule has 0 aromatic carbocycles. The second kappa shape index (κ2) is 23.9. The van der Waals surface area contributed by atoms with Crippen molar-refractivity contribution in [2.24, 2.45) is 0 Å². The van der Waals surface area contributed by atoms with E-state index in [0.29, 0.717) is 92.4 Å². The molecule has 1 amide bonds. The van der Waals surface area contributed by atoms with Crippen molar-refractivity contribution in [3.8, 4) is 0 Å². The molecule has 0 aromatic heterocycles. The molecule has 0 bridgehead atoms. The molecule has 11 nitrogen and oxygen atoms in total. The SMILES string of the molecule is COCCOCCOCCOCCOCCOCCOCCNC(=O)CCC(=O)O. The number of nitrogens with one attached hydrogen (secondary N) is 1. The lowest BCUT2D eigenvalue weighted by Crippen LogP contribution is -2.27. The maximum atomic E-state index is 11.3. The summed E-state index contributed by atoms with van der Waals surface area (Å²) >= 11 is 0. The van der Waals surface area contributed by atoms with E-state index < -0.39 is 5.97 Å². The van der Waals surface area contributed by atoms with Crippen molar-refractivity contribution in [2.45, 2.75) is 12.8 Å². The highest BCUT2D eigenvalue weighted by molar-refractivity contribution is 5.80. The molecule has 0 aliphatic carbocycles. The van der Waals surface area contributed by atoms with Crippen LogP contribution in [0.4, 0.5) is 0 Å². The van der Waals surface area contributed by atoms with Gasteiger partial charge in [-0.05, 0) is 0 Å². The standard InChI is InChI=1S/C19H37NO10/c1-24-6-7-26-10-11-28-14-15-30-17-16-29-13-12-27-9-8-25-5-4-20-18(21)2-3-19(22)23/h2-17H2,1H3,(H,20,21)(H,22,23). The summed E-state index contributed by atoms with van der Waals surface area (Å²) in [6.45, 7) is 6.70. The molecule has 0 saturated carbocycles. The third-order valence-corrected chi connectivity index (χ3v) is 3.43.